The minimum Gasteiger partial charge on any atom is -0.444 e. The fraction of sp³-hybridized carbons (Fsp3) is 0.462. The summed E-state index contributed by atoms with van der Waals surface area (Å²) in [4.78, 5) is 14.3. The third-order valence-corrected chi connectivity index (χ3v) is 10.9. The summed E-state index contributed by atoms with van der Waals surface area (Å²) < 4.78 is 12.7. The molecule has 0 bridgehead atoms. The summed E-state index contributed by atoms with van der Waals surface area (Å²) in [6.45, 7) is 12.8. The van der Waals surface area contributed by atoms with Gasteiger partial charge in [-0.3, -0.25) is 0 Å². The molecule has 2 aromatic carbocycles. The molecule has 1 fully saturated rings. The van der Waals surface area contributed by atoms with Gasteiger partial charge in [0.2, 0.25) is 0 Å². The van der Waals surface area contributed by atoms with E-state index in [0.717, 1.165) is 10.4 Å². The Morgan fingerprint density at radius 3 is 1.84 bits per heavy atom. The van der Waals surface area contributed by atoms with Gasteiger partial charge in [-0.25, -0.2) is 4.79 Å². The van der Waals surface area contributed by atoms with Crippen LogP contribution in [-0.4, -0.2) is 44.1 Å². The van der Waals surface area contributed by atoms with E-state index in [0.29, 0.717) is 13.1 Å². The Labute approximate surface area is 193 Å². The van der Waals surface area contributed by atoms with Crippen molar-refractivity contribution in [1.29, 1.82) is 5.26 Å². The molecule has 6 heteroatoms. The minimum atomic E-state index is -2.81. The highest BCUT2D eigenvalue weighted by Gasteiger charge is 2.53. The van der Waals surface area contributed by atoms with Crippen molar-refractivity contribution >= 4 is 24.8 Å². The van der Waals surface area contributed by atoms with E-state index in [1.165, 1.54) is 0 Å². The molecule has 170 valence electrons. The number of amides is 1. The maximum Gasteiger partial charge on any atom is 0.410 e. The fourth-order valence-electron chi connectivity index (χ4n) is 4.41. The third kappa shape index (κ3) is 4.90. The van der Waals surface area contributed by atoms with Crippen LogP contribution in [0.5, 0.6) is 0 Å². The van der Waals surface area contributed by atoms with Crippen molar-refractivity contribution in [2.75, 3.05) is 13.1 Å². The van der Waals surface area contributed by atoms with Gasteiger partial charge in [-0.2, -0.15) is 5.26 Å². The summed E-state index contributed by atoms with van der Waals surface area (Å²) in [7, 11) is -2.81. The molecular formula is C26H34N2O3Si. The second-order valence-electron chi connectivity index (χ2n) is 10.4. The summed E-state index contributed by atoms with van der Waals surface area (Å²) in [5.74, 6) is -0.413. The Hall–Kier alpha value is -2.62. The Bertz CT molecular complexity index is 919. The zero-order valence-corrected chi connectivity index (χ0v) is 21.0. The van der Waals surface area contributed by atoms with Gasteiger partial charge < -0.3 is 14.1 Å². The molecule has 0 N–H and O–H groups in total. The Morgan fingerprint density at radius 2 is 1.44 bits per heavy atom. The molecule has 3 rings (SSSR count). The lowest BCUT2D eigenvalue weighted by molar-refractivity contribution is 0.0273. The maximum atomic E-state index is 12.7. The number of nitrogens with zero attached hydrogens (tertiary/aromatic N) is 2. The van der Waals surface area contributed by atoms with Crippen LogP contribution in [0.25, 0.3) is 0 Å². The third-order valence-electron chi connectivity index (χ3n) is 5.83. The van der Waals surface area contributed by atoms with E-state index in [2.05, 4.69) is 51.1 Å². The quantitative estimate of drug-likeness (QED) is 0.651. The van der Waals surface area contributed by atoms with Crippen LogP contribution in [0.4, 0.5) is 4.79 Å². The van der Waals surface area contributed by atoms with Crippen LogP contribution in [0.1, 0.15) is 41.5 Å². The SMILES string of the molecule is CC(C)(C)OC(=O)N1CC(C#N)C(O[Si](c2ccccc2)(c2ccccc2)C(C)(C)C)C1. The second kappa shape index (κ2) is 9.09. The first kappa shape index (κ1) is 24.0. The van der Waals surface area contributed by atoms with Crippen LogP contribution < -0.4 is 10.4 Å². The summed E-state index contributed by atoms with van der Waals surface area (Å²) >= 11 is 0. The summed E-state index contributed by atoms with van der Waals surface area (Å²) in [5.41, 5.74) is -0.587. The van der Waals surface area contributed by atoms with Crippen LogP contribution in [-0.2, 0) is 9.16 Å². The molecule has 0 saturated carbocycles. The van der Waals surface area contributed by atoms with Crippen molar-refractivity contribution in [3.8, 4) is 6.07 Å². The van der Waals surface area contributed by atoms with Gasteiger partial charge in [0.25, 0.3) is 8.32 Å². The standard InChI is InChI=1S/C26H34N2O3Si/c1-25(2,3)30-24(29)28-18-20(17-27)23(19-28)31-32(26(4,5)6,21-13-9-7-10-14-21)22-15-11-8-12-16-22/h7-16,20,23H,18-19H2,1-6H3. The molecule has 2 atom stereocenters. The molecule has 0 aliphatic carbocycles. The van der Waals surface area contributed by atoms with Crippen LogP contribution in [0.2, 0.25) is 5.04 Å². The van der Waals surface area contributed by atoms with Gasteiger partial charge in [-0.15, -0.1) is 0 Å². The molecule has 1 saturated heterocycles. The molecule has 0 spiro atoms. The van der Waals surface area contributed by atoms with Crippen LogP contribution in [0.15, 0.2) is 60.7 Å². The van der Waals surface area contributed by atoms with Crippen LogP contribution in [0, 0.1) is 17.2 Å². The van der Waals surface area contributed by atoms with E-state index in [9.17, 15) is 10.1 Å². The van der Waals surface area contributed by atoms with E-state index < -0.39 is 25.9 Å². The van der Waals surface area contributed by atoms with Crippen molar-refractivity contribution in [3.63, 3.8) is 0 Å². The predicted octanol–water partition coefficient (Wildman–Crippen LogP) is 4.32. The molecule has 2 aromatic rings. The summed E-state index contributed by atoms with van der Waals surface area (Å²) in [5, 5.41) is 12.0. The molecule has 2 unspecified atom stereocenters. The average Bonchev–Trinajstić information content (AvgIpc) is 3.14. The molecule has 32 heavy (non-hydrogen) atoms. The molecule has 0 aromatic heterocycles. The number of nitriles is 1. The van der Waals surface area contributed by atoms with Crippen molar-refractivity contribution in [3.05, 3.63) is 60.7 Å². The predicted molar refractivity (Wildman–Crippen MR) is 129 cm³/mol. The molecule has 1 heterocycles. The van der Waals surface area contributed by atoms with Crippen molar-refractivity contribution in [1.82, 2.24) is 4.90 Å². The van der Waals surface area contributed by atoms with E-state index in [1.54, 1.807) is 4.90 Å². The highest BCUT2D eigenvalue weighted by molar-refractivity contribution is 6.99. The lowest BCUT2D eigenvalue weighted by atomic mass is 10.1. The van der Waals surface area contributed by atoms with Gasteiger partial charge in [0.15, 0.2) is 0 Å². The number of likely N-dealkylation sites (tertiary alicyclic amines) is 1. The monoisotopic (exact) mass is 450 g/mol. The highest BCUT2D eigenvalue weighted by atomic mass is 28.4. The molecule has 5 nitrogen and oxygen atoms in total. The van der Waals surface area contributed by atoms with E-state index in [4.69, 9.17) is 9.16 Å². The topological polar surface area (TPSA) is 62.6 Å². The number of ether oxygens (including phenoxy) is 1. The number of hydrogen-bond acceptors (Lipinski definition) is 4. The zero-order valence-electron chi connectivity index (χ0n) is 20.0. The molecule has 1 aliphatic rings. The molecule has 1 aliphatic heterocycles. The largest absolute Gasteiger partial charge is 0.444 e. The van der Waals surface area contributed by atoms with E-state index >= 15 is 0 Å². The lowest BCUT2D eigenvalue weighted by Crippen LogP contribution is -2.68. The van der Waals surface area contributed by atoms with Gasteiger partial charge in [0, 0.05) is 6.54 Å². The molecule has 0 radical (unpaired) electrons. The average molecular weight is 451 g/mol. The Morgan fingerprint density at radius 1 is 0.938 bits per heavy atom. The highest BCUT2D eigenvalue weighted by Crippen LogP contribution is 2.39. The van der Waals surface area contributed by atoms with Crippen molar-refractivity contribution in [2.24, 2.45) is 5.92 Å². The Kier molecular flexibility index (Phi) is 6.82. The second-order valence-corrected chi connectivity index (χ2v) is 14.7. The summed E-state index contributed by atoms with van der Waals surface area (Å²) in [6, 6.07) is 23.1. The Balaban J connectivity index is 2.04. The van der Waals surface area contributed by atoms with Crippen molar-refractivity contribution < 1.29 is 14.0 Å². The number of hydrogen-bond donors (Lipinski definition) is 0. The van der Waals surface area contributed by atoms with Gasteiger partial charge >= 0.3 is 6.09 Å². The maximum absolute atomic E-state index is 12.7. The van der Waals surface area contributed by atoms with Gasteiger partial charge in [0.05, 0.1) is 24.6 Å². The smallest absolute Gasteiger partial charge is 0.410 e. The van der Waals surface area contributed by atoms with E-state index in [-0.39, 0.29) is 11.1 Å². The van der Waals surface area contributed by atoms with E-state index in [1.807, 2.05) is 57.2 Å². The molecular weight excluding hydrogens is 416 g/mol. The fourth-order valence-corrected chi connectivity index (χ4v) is 9.12. The number of rotatable bonds is 4. The lowest BCUT2D eigenvalue weighted by Gasteiger charge is -2.45. The first-order valence-corrected chi connectivity index (χ1v) is 13.0. The number of benzene rings is 2. The summed E-state index contributed by atoms with van der Waals surface area (Å²) in [6.07, 6.45) is -0.787. The van der Waals surface area contributed by atoms with Gasteiger partial charge in [-0.05, 0) is 36.2 Å². The first-order valence-electron chi connectivity index (χ1n) is 11.1. The minimum absolute atomic E-state index is 0.199. The van der Waals surface area contributed by atoms with Crippen LogP contribution in [0.3, 0.4) is 0 Å². The number of carbonyl (C=O) groups is 1. The number of carbonyl (C=O) groups excluding carboxylic acids is 1. The first-order chi connectivity index (χ1) is 15.0. The van der Waals surface area contributed by atoms with Crippen LogP contribution >= 0.6 is 0 Å². The molecule has 1 amide bonds. The van der Waals surface area contributed by atoms with Crippen molar-refractivity contribution in [2.45, 2.75) is 58.3 Å². The van der Waals surface area contributed by atoms with Gasteiger partial charge in [0.1, 0.15) is 5.60 Å². The normalized spacial score (nSPS) is 19.5. The van der Waals surface area contributed by atoms with Gasteiger partial charge in [-0.1, -0.05) is 81.4 Å². The zero-order chi connectivity index (χ0) is 23.6.